The molecular formula is C29H35NO4S. The minimum absolute atomic E-state index is 0.128. The lowest BCUT2D eigenvalue weighted by atomic mass is 10.0. The van der Waals surface area contributed by atoms with Crippen molar-refractivity contribution in [3.63, 3.8) is 0 Å². The van der Waals surface area contributed by atoms with Gasteiger partial charge in [0.15, 0.2) is 9.84 Å². The first kappa shape index (κ1) is 26.7. The van der Waals surface area contributed by atoms with Crippen LogP contribution >= 0.6 is 0 Å². The summed E-state index contributed by atoms with van der Waals surface area (Å²) in [6, 6.07) is 23.6. The van der Waals surface area contributed by atoms with E-state index in [2.05, 4.69) is 48.5 Å². The molecule has 0 atom stereocenters. The van der Waals surface area contributed by atoms with Crippen molar-refractivity contribution < 1.29 is 18.6 Å². The predicted octanol–water partition coefficient (Wildman–Crippen LogP) is 5.28. The molecule has 0 aliphatic rings. The van der Waals surface area contributed by atoms with Crippen molar-refractivity contribution in [1.82, 2.24) is 0 Å². The van der Waals surface area contributed by atoms with Gasteiger partial charge in [0, 0.05) is 25.9 Å². The second-order valence-electron chi connectivity index (χ2n) is 8.67. The van der Waals surface area contributed by atoms with E-state index in [0.29, 0.717) is 17.9 Å². The Balaban J connectivity index is 1.58. The fourth-order valence-corrected chi connectivity index (χ4v) is 5.20. The molecule has 0 saturated heterocycles. The molecule has 35 heavy (non-hydrogen) atoms. The summed E-state index contributed by atoms with van der Waals surface area (Å²) in [5, 5.41) is 17.9. The van der Waals surface area contributed by atoms with Gasteiger partial charge in [0.2, 0.25) is 0 Å². The van der Waals surface area contributed by atoms with Crippen LogP contribution in [0.15, 0.2) is 77.7 Å². The Kier molecular flexibility index (Phi) is 10.1. The number of anilines is 1. The van der Waals surface area contributed by atoms with Crippen LogP contribution in [0.25, 0.3) is 23.3 Å². The van der Waals surface area contributed by atoms with Gasteiger partial charge in [0.05, 0.1) is 17.3 Å². The van der Waals surface area contributed by atoms with E-state index < -0.39 is 9.84 Å². The molecule has 0 aliphatic heterocycles. The van der Waals surface area contributed by atoms with Crippen LogP contribution in [0.2, 0.25) is 0 Å². The highest BCUT2D eigenvalue weighted by atomic mass is 32.2. The first-order chi connectivity index (χ1) is 16.9. The molecule has 0 heterocycles. The molecular weight excluding hydrogens is 458 g/mol. The van der Waals surface area contributed by atoms with Crippen molar-refractivity contribution in [3.05, 3.63) is 83.9 Å². The highest BCUT2D eigenvalue weighted by molar-refractivity contribution is 7.91. The van der Waals surface area contributed by atoms with Crippen molar-refractivity contribution in [2.45, 2.75) is 30.6 Å². The Morgan fingerprint density at radius 3 is 1.74 bits per heavy atom. The van der Waals surface area contributed by atoms with E-state index in [1.807, 2.05) is 36.2 Å². The van der Waals surface area contributed by atoms with Crippen molar-refractivity contribution >= 4 is 27.7 Å². The van der Waals surface area contributed by atoms with E-state index in [-0.39, 0.29) is 19.0 Å². The van der Waals surface area contributed by atoms with Gasteiger partial charge in [-0.3, -0.25) is 0 Å². The number of benzene rings is 3. The van der Waals surface area contributed by atoms with Crippen LogP contribution in [-0.2, 0) is 9.84 Å². The third kappa shape index (κ3) is 8.06. The van der Waals surface area contributed by atoms with Gasteiger partial charge in [-0.15, -0.1) is 0 Å². The summed E-state index contributed by atoms with van der Waals surface area (Å²) < 4.78 is 25.0. The summed E-state index contributed by atoms with van der Waals surface area (Å²) in [6.07, 6.45) is 7.00. The summed E-state index contributed by atoms with van der Waals surface area (Å²) in [7, 11) is -1.31. The Bertz CT molecular complexity index is 1170. The lowest BCUT2D eigenvalue weighted by Crippen LogP contribution is -2.20. The largest absolute Gasteiger partial charge is 0.396 e. The highest BCUT2D eigenvalue weighted by Gasteiger charge is 2.13. The maximum Gasteiger partial charge on any atom is 0.178 e. The molecule has 0 saturated carbocycles. The number of rotatable bonds is 13. The number of sulfone groups is 1. The molecule has 186 valence electrons. The van der Waals surface area contributed by atoms with Gasteiger partial charge in [-0.05, 0) is 59.4 Å². The molecule has 0 radical (unpaired) electrons. The van der Waals surface area contributed by atoms with Gasteiger partial charge in [-0.25, -0.2) is 8.42 Å². The lowest BCUT2D eigenvalue weighted by Gasteiger charge is -2.18. The molecule has 6 heteroatoms. The Morgan fingerprint density at radius 2 is 1.20 bits per heavy atom. The number of hydrogen-bond donors (Lipinski definition) is 2. The Morgan fingerprint density at radius 1 is 0.686 bits per heavy atom. The van der Waals surface area contributed by atoms with E-state index in [1.54, 1.807) is 12.1 Å². The van der Waals surface area contributed by atoms with Gasteiger partial charge < -0.3 is 15.1 Å². The smallest absolute Gasteiger partial charge is 0.178 e. The maximum absolute atomic E-state index is 12.5. The van der Waals surface area contributed by atoms with E-state index in [0.717, 1.165) is 47.2 Å². The number of hydrogen-bond acceptors (Lipinski definition) is 5. The molecule has 5 nitrogen and oxygen atoms in total. The van der Waals surface area contributed by atoms with Crippen LogP contribution in [0.5, 0.6) is 0 Å². The first-order valence-electron chi connectivity index (χ1n) is 12.1. The number of unbranched alkanes of at least 4 members (excludes halogenated alkanes) is 3. The van der Waals surface area contributed by atoms with E-state index in [4.69, 9.17) is 10.2 Å². The quantitative estimate of drug-likeness (QED) is 0.250. The van der Waals surface area contributed by atoms with Gasteiger partial charge in [-0.1, -0.05) is 73.5 Å². The number of likely N-dealkylation sites (N-methyl/N-ethyl adjacent to an activating group) is 1. The van der Waals surface area contributed by atoms with E-state index in [9.17, 15) is 8.42 Å². The molecule has 0 aliphatic carbocycles. The molecule has 3 aromatic rings. The standard InChI is InChI=1S/C29H35NO4S/c1-30(20-22-32)28-16-14-27(15-17-28)26-12-8-24(9-13-26)6-7-25-10-18-29(19-11-25)35(33,34)23-5-3-2-4-21-31/h6-19,31-32H,2-5,20-23H2,1H3. The molecule has 0 bridgehead atoms. The normalized spacial score (nSPS) is 11.7. The first-order valence-corrected chi connectivity index (χ1v) is 13.7. The highest BCUT2D eigenvalue weighted by Crippen LogP contribution is 2.24. The maximum atomic E-state index is 12.5. The zero-order chi connectivity index (χ0) is 25.1. The molecule has 0 spiro atoms. The fraction of sp³-hybridized carbons (Fsp3) is 0.310. The van der Waals surface area contributed by atoms with Crippen LogP contribution in [0.1, 0.15) is 36.8 Å². The summed E-state index contributed by atoms with van der Waals surface area (Å²) in [5.41, 5.74) is 5.33. The molecule has 0 fully saturated rings. The molecule has 0 amide bonds. The third-order valence-corrected chi connectivity index (χ3v) is 7.83. The average Bonchev–Trinajstić information content (AvgIpc) is 2.88. The summed E-state index contributed by atoms with van der Waals surface area (Å²) >= 11 is 0. The molecule has 0 aromatic heterocycles. The number of aliphatic hydroxyl groups excluding tert-OH is 2. The van der Waals surface area contributed by atoms with Crippen molar-refractivity contribution in [2.24, 2.45) is 0 Å². The van der Waals surface area contributed by atoms with Crippen LogP contribution in [0, 0.1) is 0 Å². The minimum atomic E-state index is -3.27. The van der Waals surface area contributed by atoms with Crippen LogP contribution in [0.4, 0.5) is 5.69 Å². The Labute approximate surface area is 209 Å². The number of nitrogens with zero attached hydrogens (tertiary/aromatic N) is 1. The second kappa shape index (κ2) is 13.2. The third-order valence-electron chi connectivity index (χ3n) is 6.02. The molecule has 3 rings (SSSR count). The van der Waals surface area contributed by atoms with Crippen molar-refractivity contribution in [1.29, 1.82) is 0 Å². The summed E-state index contributed by atoms with van der Waals surface area (Å²) in [4.78, 5) is 2.37. The second-order valence-corrected chi connectivity index (χ2v) is 10.8. The molecule has 3 aromatic carbocycles. The average molecular weight is 494 g/mol. The minimum Gasteiger partial charge on any atom is -0.396 e. The zero-order valence-corrected chi connectivity index (χ0v) is 21.1. The lowest BCUT2D eigenvalue weighted by molar-refractivity contribution is 0.283. The van der Waals surface area contributed by atoms with Crippen molar-refractivity contribution in [2.75, 3.05) is 37.5 Å². The summed E-state index contributed by atoms with van der Waals surface area (Å²) in [5.74, 6) is 0.141. The van der Waals surface area contributed by atoms with Crippen LogP contribution in [0.3, 0.4) is 0 Å². The van der Waals surface area contributed by atoms with Gasteiger partial charge in [0.25, 0.3) is 0 Å². The van der Waals surface area contributed by atoms with Gasteiger partial charge >= 0.3 is 0 Å². The van der Waals surface area contributed by atoms with E-state index in [1.165, 1.54) is 0 Å². The van der Waals surface area contributed by atoms with E-state index >= 15 is 0 Å². The number of aliphatic hydroxyl groups is 2. The van der Waals surface area contributed by atoms with Crippen molar-refractivity contribution in [3.8, 4) is 11.1 Å². The summed E-state index contributed by atoms with van der Waals surface area (Å²) in [6.45, 7) is 0.888. The molecule has 2 N–H and O–H groups in total. The zero-order valence-electron chi connectivity index (χ0n) is 20.3. The monoisotopic (exact) mass is 493 g/mol. The van der Waals surface area contributed by atoms with Gasteiger partial charge in [-0.2, -0.15) is 0 Å². The SMILES string of the molecule is CN(CCO)c1ccc(-c2ccc(C=Cc3ccc(S(=O)(=O)CCCCCCO)cc3)cc2)cc1. The van der Waals surface area contributed by atoms with Crippen LogP contribution in [-0.4, -0.2) is 51.2 Å². The topological polar surface area (TPSA) is 77.8 Å². The predicted molar refractivity (Wildman–Crippen MR) is 145 cm³/mol. The Hall–Kier alpha value is -2.93. The van der Waals surface area contributed by atoms with Gasteiger partial charge in [0.1, 0.15) is 0 Å². The van der Waals surface area contributed by atoms with Crippen LogP contribution < -0.4 is 4.90 Å². The fourth-order valence-electron chi connectivity index (χ4n) is 3.83. The molecule has 0 unspecified atom stereocenters.